The van der Waals surface area contributed by atoms with Crippen molar-refractivity contribution in [3.8, 4) is 0 Å². The molecule has 124 valence electrons. The maximum Gasteiger partial charge on any atom is 4.00 e. The van der Waals surface area contributed by atoms with E-state index in [-0.39, 0.29) is 26.2 Å². The van der Waals surface area contributed by atoms with Crippen molar-refractivity contribution in [1.82, 2.24) is 0 Å². The largest absolute Gasteiger partial charge is 4.00 e. The monoisotopic (exact) mass is 422 g/mol. The quantitative estimate of drug-likeness (QED) is 0.416. The first-order valence-corrected chi connectivity index (χ1v) is 14.8. The van der Waals surface area contributed by atoms with E-state index in [0.29, 0.717) is 0 Å². The Bertz CT molecular complexity index is 201. The molecule has 0 bridgehead atoms. The Morgan fingerprint density at radius 2 is 0.652 bits per heavy atom. The van der Waals surface area contributed by atoms with E-state index in [1.165, 1.54) is 0 Å². The average molecular weight is 424 g/mol. The SMILES string of the molecule is C[Si](C)(C)[N-]CC[N-][Si](C)(C)C.[CH]1[CH][CH][CH][CH]1.[CH]1[CH][CH][CH][CH]1.[Zr+4]. The molecule has 0 unspecified atom stereocenters. The molecule has 0 aromatic carbocycles. The minimum Gasteiger partial charge on any atom is -0.666 e. The smallest absolute Gasteiger partial charge is 0.666 e. The van der Waals surface area contributed by atoms with Gasteiger partial charge in [0.1, 0.15) is 0 Å². The van der Waals surface area contributed by atoms with Crippen molar-refractivity contribution in [2.24, 2.45) is 0 Å². The van der Waals surface area contributed by atoms with Crippen LogP contribution >= 0.6 is 0 Å². The van der Waals surface area contributed by atoms with Crippen molar-refractivity contribution in [2.45, 2.75) is 39.3 Å². The molecular formula is C18H32N2Si2Zr+2. The van der Waals surface area contributed by atoms with E-state index in [1.54, 1.807) is 0 Å². The van der Waals surface area contributed by atoms with Gasteiger partial charge >= 0.3 is 26.2 Å². The molecule has 2 rings (SSSR count). The van der Waals surface area contributed by atoms with Crippen LogP contribution < -0.4 is 0 Å². The van der Waals surface area contributed by atoms with Gasteiger partial charge in [-0.1, -0.05) is 55.8 Å². The molecule has 0 N–H and O–H groups in total. The molecule has 2 aliphatic carbocycles. The molecule has 2 aliphatic rings. The van der Waals surface area contributed by atoms with Crippen LogP contribution in [-0.2, 0) is 26.2 Å². The predicted molar refractivity (Wildman–Crippen MR) is 106 cm³/mol. The zero-order chi connectivity index (χ0) is 16.9. The first-order valence-electron chi connectivity index (χ1n) is 7.91. The third-order valence-electron chi connectivity index (χ3n) is 2.38. The Morgan fingerprint density at radius 1 is 0.478 bits per heavy atom. The Morgan fingerprint density at radius 3 is 0.783 bits per heavy atom. The van der Waals surface area contributed by atoms with Gasteiger partial charge in [-0.15, -0.1) is 0 Å². The molecule has 0 spiro atoms. The van der Waals surface area contributed by atoms with Crippen molar-refractivity contribution in [1.29, 1.82) is 0 Å². The summed E-state index contributed by atoms with van der Waals surface area (Å²) >= 11 is 0. The van der Waals surface area contributed by atoms with Crippen LogP contribution in [-0.4, -0.2) is 29.6 Å². The van der Waals surface area contributed by atoms with Gasteiger partial charge in [-0.05, 0) is 64.2 Å². The summed E-state index contributed by atoms with van der Waals surface area (Å²) < 4.78 is 0. The second kappa shape index (κ2) is 15.5. The van der Waals surface area contributed by atoms with Crippen LogP contribution in [0.5, 0.6) is 0 Å². The molecule has 10 radical (unpaired) electrons. The molecule has 5 heteroatoms. The Balaban J connectivity index is 0. The van der Waals surface area contributed by atoms with Gasteiger partial charge in [-0.25, -0.2) is 0 Å². The molecule has 0 aromatic heterocycles. The van der Waals surface area contributed by atoms with Crippen LogP contribution in [0.2, 0.25) is 39.3 Å². The second-order valence-electron chi connectivity index (χ2n) is 7.03. The summed E-state index contributed by atoms with van der Waals surface area (Å²) in [6.07, 6.45) is 20.0. The van der Waals surface area contributed by atoms with Crippen molar-refractivity contribution in [3.63, 3.8) is 0 Å². The van der Waals surface area contributed by atoms with Gasteiger partial charge < -0.3 is 9.96 Å². The summed E-state index contributed by atoms with van der Waals surface area (Å²) in [7, 11) is -2.35. The summed E-state index contributed by atoms with van der Waals surface area (Å²) in [4.78, 5) is 9.25. The predicted octanol–water partition coefficient (Wildman–Crippen LogP) is 5.44. The minimum atomic E-state index is -1.17. The zero-order valence-corrected chi connectivity index (χ0v) is 20.0. The fourth-order valence-electron chi connectivity index (χ4n) is 1.41. The average Bonchev–Trinajstić information content (AvgIpc) is 3.08. The van der Waals surface area contributed by atoms with Crippen LogP contribution in [0.3, 0.4) is 0 Å². The fraction of sp³-hybridized carbons (Fsp3) is 0.444. The standard InChI is InChI=1S/C8H22N2Si2.2C5H5.Zr/c1-11(2,3)9-7-8-10-12(4,5)6;2*1-2-4-5-3-1;/h7-8H2,1-6H3;2*1-5H;/q-2;;;+4. The zero-order valence-electron chi connectivity index (χ0n) is 15.6. The van der Waals surface area contributed by atoms with Crippen molar-refractivity contribution in [2.75, 3.05) is 13.1 Å². The maximum absolute atomic E-state index is 4.63. The molecule has 2 nitrogen and oxygen atoms in total. The molecule has 23 heavy (non-hydrogen) atoms. The van der Waals surface area contributed by atoms with Gasteiger partial charge in [0, 0.05) is 0 Å². The third kappa shape index (κ3) is 25.6. The number of hydrogen-bond donors (Lipinski definition) is 0. The summed E-state index contributed by atoms with van der Waals surface area (Å²) in [5.74, 6) is 0. The molecular weight excluding hydrogens is 392 g/mol. The molecule has 0 aliphatic heterocycles. The number of nitrogens with zero attached hydrogens (tertiary/aromatic N) is 2. The number of hydrogen-bond acceptors (Lipinski definition) is 0. The van der Waals surface area contributed by atoms with E-state index >= 15 is 0 Å². The van der Waals surface area contributed by atoms with E-state index in [4.69, 9.17) is 0 Å². The van der Waals surface area contributed by atoms with E-state index in [0.717, 1.165) is 13.1 Å². The molecule has 2 fully saturated rings. The van der Waals surface area contributed by atoms with Crippen LogP contribution in [0.15, 0.2) is 0 Å². The molecule has 0 atom stereocenters. The summed E-state index contributed by atoms with van der Waals surface area (Å²) in [6, 6.07) is 0. The molecule has 0 aromatic rings. The summed E-state index contributed by atoms with van der Waals surface area (Å²) in [5.41, 5.74) is 0. The van der Waals surface area contributed by atoms with E-state index in [2.05, 4.69) is 49.2 Å². The van der Waals surface area contributed by atoms with Gasteiger partial charge in [0.2, 0.25) is 0 Å². The van der Waals surface area contributed by atoms with Crippen molar-refractivity contribution in [3.05, 3.63) is 74.2 Å². The van der Waals surface area contributed by atoms with Crippen molar-refractivity contribution >= 4 is 16.5 Å². The normalized spacial score (nSPS) is 17.5. The first kappa shape index (κ1) is 26.5. The van der Waals surface area contributed by atoms with Gasteiger partial charge in [-0.3, -0.25) is 0 Å². The number of rotatable bonds is 5. The molecule has 0 amide bonds. The van der Waals surface area contributed by atoms with E-state index in [1.807, 2.05) is 64.2 Å². The molecule has 0 saturated heterocycles. The van der Waals surface area contributed by atoms with Gasteiger partial charge in [0.15, 0.2) is 0 Å². The summed E-state index contributed by atoms with van der Waals surface area (Å²) in [6.45, 7) is 15.5. The summed E-state index contributed by atoms with van der Waals surface area (Å²) in [5, 5.41) is 0. The molecule has 2 saturated carbocycles. The van der Waals surface area contributed by atoms with Gasteiger partial charge in [0.05, 0.1) is 0 Å². The Labute approximate surface area is 168 Å². The van der Waals surface area contributed by atoms with Gasteiger partial charge in [0.25, 0.3) is 0 Å². The van der Waals surface area contributed by atoms with Crippen LogP contribution in [0.25, 0.3) is 9.96 Å². The Hall–Kier alpha value is 1.24. The van der Waals surface area contributed by atoms with Crippen LogP contribution in [0.1, 0.15) is 0 Å². The Kier molecular flexibility index (Phi) is 17.8. The van der Waals surface area contributed by atoms with Crippen LogP contribution in [0, 0.1) is 64.2 Å². The maximum atomic E-state index is 4.63. The first-order chi connectivity index (χ1) is 10.2. The fourth-order valence-corrected chi connectivity index (χ4v) is 2.95. The van der Waals surface area contributed by atoms with E-state index in [9.17, 15) is 0 Å². The van der Waals surface area contributed by atoms with Crippen LogP contribution in [0.4, 0.5) is 0 Å². The van der Waals surface area contributed by atoms with E-state index < -0.39 is 16.5 Å². The van der Waals surface area contributed by atoms with Crippen molar-refractivity contribution < 1.29 is 26.2 Å². The molecule has 0 heterocycles. The van der Waals surface area contributed by atoms with Gasteiger partial charge in [-0.2, -0.15) is 13.1 Å². The third-order valence-corrected chi connectivity index (χ3v) is 4.73. The topological polar surface area (TPSA) is 28.2 Å². The minimum absolute atomic E-state index is 0. The second-order valence-corrected chi connectivity index (χ2v) is 16.3.